The smallest absolute Gasteiger partial charge is 0.214 e. The van der Waals surface area contributed by atoms with Gasteiger partial charge in [0.15, 0.2) is 0 Å². The van der Waals surface area contributed by atoms with Gasteiger partial charge in [0, 0.05) is 36.6 Å². The molecule has 0 saturated heterocycles. The highest BCUT2D eigenvalue weighted by Gasteiger charge is 2.28. The lowest BCUT2D eigenvalue weighted by molar-refractivity contribution is 0.257. The molecule has 1 N–H and O–H groups in total. The molecule has 16 heavy (non-hydrogen) atoms. The van der Waals surface area contributed by atoms with Crippen molar-refractivity contribution in [2.75, 3.05) is 18.9 Å². The fraction of sp³-hybridized carbons (Fsp3) is 0.583. The minimum absolute atomic E-state index is 0.437. The first-order valence-electron chi connectivity index (χ1n) is 5.74. The third-order valence-electron chi connectivity index (χ3n) is 3.15. The first kappa shape index (κ1) is 11.3. The molecule has 4 heteroatoms. The Labute approximate surface area is 95.7 Å². The van der Waals surface area contributed by atoms with Crippen LogP contribution in [0.4, 0.5) is 10.1 Å². The summed E-state index contributed by atoms with van der Waals surface area (Å²) in [4.78, 5) is 5.90. The van der Waals surface area contributed by atoms with Crippen molar-refractivity contribution < 1.29 is 4.39 Å². The third kappa shape index (κ3) is 2.92. The second-order valence-electron chi connectivity index (χ2n) is 4.49. The van der Waals surface area contributed by atoms with E-state index in [1.54, 1.807) is 6.07 Å². The molecule has 0 amide bonds. The highest BCUT2D eigenvalue weighted by atomic mass is 19.1. The van der Waals surface area contributed by atoms with Crippen molar-refractivity contribution in [3.63, 3.8) is 0 Å². The van der Waals surface area contributed by atoms with E-state index in [2.05, 4.69) is 29.2 Å². The molecule has 2 rings (SSSR count). The number of nitrogens with zero attached hydrogens (tertiary/aromatic N) is 2. The summed E-state index contributed by atoms with van der Waals surface area (Å²) in [6, 6.07) is 4.42. The lowest BCUT2D eigenvalue weighted by Gasteiger charge is -2.25. The molecule has 88 valence electrons. The van der Waals surface area contributed by atoms with Crippen molar-refractivity contribution in [2.45, 2.75) is 31.8 Å². The Bertz CT molecular complexity index is 352. The van der Waals surface area contributed by atoms with E-state index >= 15 is 0 Å². The number of halogens is 1. The second kappa shape index (κ2) is 4.78. The van der Waals surface area contributed by atoms with Gasteiger partial charge in [-0.2, -0.15) is 4.39 Å². The molecule has 1 aliphatic carbocycles. The fourth-order valence-corrected chi connectivity index (χ4v) is 1.76. The van der Waals surface area contributed by atoms with Gasteiger partial charge in [-0.1, -0.05) is 0 Å². The molecule has 0 aromatic carbocycles. The van der Waals surface area contributed by atoms with Gasteiger partial charge in [0.25, 0.3) is 0 Å². The summed E-state index contributed by atoms with van der Waals surface area (Å²) in [6.45, 7) is 3.01. The van der Waals surface area contributed by atoms with Crippen LogP contribution in [0.1, 0.15) is 19.8 Å². The molecule has 0 aliphatic heterocycles. The highest BCUT2D eigenvalue weighted by Crippen LogP contribution is 2.26. The van der Waals surface area contributed by atoms with Gasteiger partial charge in [-0.15, -0.1) is 0 Å². The van der Waals surface area contributed by atoms with Crippen LogP contribution in [0.2, 0.25) is 0 Å². The first-order chi connectivity index (χ1) is 7.66. The topological polar surface area (TPSA) is 28.2 Å². The molecular weight excluding hydrogens is 205 g/mol. The zero-order chi connectivity index (χ0) is 11.5. The summed E-state index contributed by atoms with van der Waals surface area (Å²) in [6.07, 6.45) is 4.10. The number of nitrogens with one attached hydrogen (secondary N) is 1. The van der Waals surface area contributed by atoms with Crippen molar-refractivity contribution in [1.82, 2.24) is 9.88 Å². The predicted molar refractivity (Wildman–Crippen MR) is 62.9 cm³/mol. The summed E-state index contributed by atoms with van der Waals surface area (Å²) in [5.41, 5.74) is 0.795. The number of pyridine rings is 1. The van der Waals surface area contributed by atoms with Crippen LogP contribution >= 0.6 is 0 Å². The van der Waals surface area contributed by atoms with Crippen LogP contribution in [-0.4, -0.2) is 35.6 Å². The Morgan fingerprint density at radius 3 is 3.00 bits per heavy atom. The molecular formula is C12H18FN3. The largest absolute Gasteiger partial charge is 0.383 e. The number of rotatable bonds is 5. The standard InChI is InChI=1S/C12H18FN3/c1-9(16(2)11-3-4-11)8-15-10-5-6-14-12(13)7-10/h5-7,9,11H,3-4,8H2,1-2H3,(H,14,15). The first-order valence-corrected chi connectivity index (χ1v) is 5.74. The molecule has 1 atom stereocenters. The van der Waals surface area contributed by atoms with E-state index in [-0.39, 0.29) is 0 Å². The molecule has 0 radical (unpaired) electrons. The van der Waals surface area contributed by atoms with Crippen LogP contribution in [-0.2, 0) is 0 Å². The molecule has 3 nitrogen and oxygen atoms in total. The van der Waals surface area contributed by atoms with E-state index in [1.807, 2.05) is 0 Å². The van der Waals surface area contributed by atoms with Crippen molar-refractivity contribution in [2.24, 2.45) is 0 Å². The Morgan fingerprint density at radius 1 is 1.62 bits per heavy atom. The quantitative estimate of drug-likeness (QED) is 0.775. The molecule has 1 saturated carbocycles. The van der Waals surface area contributed by atoms with Gasteiger partial charge < -0.3 is 5.32 Å². The Balaban J connectivity index is 1.82. The maximum absolute atomic E-state index is 12.8. The summed E-state index contributed by atoms with van der Waals surface area (Å²) < 4.78 is 12.8. The van der Waals surface area contributed by atoms with Crippen molar-refractivity contribution in [1.29, 1.82) is 0 Å². The summed E-state index contributed by atoms with van der Waals surface area (Å²) in [5, 5.41) is 3.23. The van der Waals surface area contributed by atoms with Crippen molar-refractivity contribution in [3.8, 4) is 0 Å². The van der Waals surface area contributed by atoms with Gasteiger partial charge >= 0.3 is 0 Å². The molecule has 1 heterocycles. The van der Waals surface area contributed by atoms with Crippen molar-refractivity contribution >= 4 is 5.69 Å². The van der Waals surface area contributed by atoms with E-state index in [4.69, 9.17) is 0 Å². The number of hydrogen-bond donors (Lipinski definition) is 1. The average Bonchev–Trinajstić information content (AvgIpc) is 3.09. The fourth-order valence-electron chi connectivity index (χ4n) is 1.76. The molecule has 1 unspecified atom stereocenters. The minimum atomic E-state index is -0.437. The molecule has 1 aromatic rings. The highest BCUT2D eigenvalue weighted by molar-refractivity contribution is 5.41. The maximum Gasteiger partial charge on any atom is 0.214 e. The van der Waals surface area contributed by atoms with Crippen LogP contribution in [0.5, 0.6) is 0 Å². The van der Waals surface area contributed by atoms with Gasteiger partial charge in [0.1, 0.15) is 0 Å². The molecule has 1 aliphatic rings. The average molecular weight is 223 g/mol. The maximum atomic E-state index is 12.8. The monoisotopic (exact) mass is 223 g/mol. The van der Waals surface area contributed by atoms with Gasteiger partial charge in [-0.3, -0.25) is 4.90 Å². The SMILES string of the molecule is CC(CNc1ccnc(F)c1)N(C)C1CC1. The third-order valence-corrected chi connectivity index (χ3v) is 3.15. The van der Waals surface area contributed by atoms with E-state index in [0.29, 0.717) is 6.04 Å². The Morgan fingerprint density at radius 2 is 2.38 bits per heavy atom. The summed E-state index contributed by atoms with van der Waals surface area (Å²) in [5.74, 6) is -0.437. The zero-order valence-corrected chi connectivity index (χ0v) is 9.78. The van der Waals surface area contributed by atoms with E-state index < -0.39 is 5.95 Å². The van der Waals surface area contributed by atoms with Crippen molar-refractivity contribution in [3.05, 3.63) is 24.3 Å². The summed E-state index contributed by atoms with van der Waals surface area (Å²) >= 11 is 0. The van der Waals surface area contributed by atoms with Gasteiger partial charge in [-0.25, -0.2) is 4.98 Å². The Kier molecular flexibility index (Phi) is 3.39. The predicted octanol–water partition coefficient (Wildman–Crippen LogP) is 2.12. The second-order valence-corrected chi connectivity index (χ2v) is 4.49. The number of anilines is 1. The van der Waals surface area contributed by atoms with E-state index in [1.165, 1.54) is 25.1 Å². The zero-order valence-electron chi connectivity index (χ0n) is 9.78. The van der Waals surface area contributed by atoms with Gasteiger partial charge in [0.05, 0.1) is 0 Å². The van der Waals surface area contributed by atoms with Crippen LogP contribution < -0.4 is 5.32 Å². The van der Waals surface area contributed by atoms with Crippen LogP contribution in [0.3, 0.4) is 0 Å². The molecule has 1 fully saturated rings. The molecule has 1 aromatic heterocycles. The van der Waals surface area contributed by atoms with E-state index in [0.717, 1.165) is 18.3 Å². The molecule has 0 spiro atoms. The number of likely N-dealkylation sites (N-methyl/N-ethyl adjacent to an activating group) is 1. The Hall–Kier alpha value is -1.16. The van der Waals surface area contributed by atoms with Crippen LogP contribution in [0.25, 0.3) is 0 Å². The number of aromatic nitrogens is 1. The molecule has 0 bridgehead atoms. The lowest BCUT2D eigenvalue weighted by Crippen LogP contribution is -2.36. The van der Waals surface area contributed by atoms with Crippen LogP contribution in [0.15, 0.2) is 18.3 Å². The normalized spacial score (nSPS) is 17.5. The summed E-state index contributed by atoms with van der Waals surface area (Å²) in [7, 11) is 2.15. The lowest BCUT2D eigenvalue weighted by atomic mass is 10.2. The van der Waals surface area contributed by atoms with Crippen LogP contribution in [0, 0.1) is 5.95 Å². The van der Waals surface area contributed by atoms with Gasteiger partial charge in [-0.05, 0) is 32.9 Å². The van der Waals surface area contributed by atoms with Gasteiger partial charge in [0.2, 0.25) is 5.95 Å². The number of hydrogen-bond acceptors (Lipinski definition) is 3. The minimum Gasteiger partial charge on any atom is -0.383 e. The van der Waals surface area contributed by atoms with E-state index in [9.17, 15) is 4.39 Å².